The van der Waals surface area contributed by atoms with Gasteiger partial charge >= 0.3 is 0 Å². The molecule has 0 radical (unpaired) electrons. The van der Waals surface area contributed by atoms with Gasteiger partial charge in [0, 0.05) is 23.4 Å². The maximum Gasteiger partial charge on any atom is 0.166 e. The van der Waals surface area contributed by atoms with Crippen LogP contribution in [-0.4, -0.2) is 32.8 Å². The van der Waals surface area contributed by atoms with Gasteiger partial charge in [0.05, 0.1) is 12.9 Å². The fourth-order valence-electron chi connectivity index (χ4n) is 1.70. The Morgan fingerprint density at radius 2 is 2.00 bits per heavy atom. The Morgan fingerprint density at radius 1 is 1.32 bits per heavy atom. The van der Waals surface area contributed by atoms with Gasteiger partial charge in [-0.3, -0.25) is 4.79 Å². The summed E-state index contributed by atoms with van der Waals surface area (Å²) in [7, 11) is -1.66. The summed E-state index contributed by atoms with van der Waals surface area (Å²) >= 11 is 0. The van der Waals surface area contributed by atoms with E-state index in [-0.39, 0.29) is 23.7 Å². The van der Waals surface area contributed by atoms with E-state index in [0.717, 1.165) is 0 Å². The summed E-state index contributed by atoms with van der Waals surface area (Å²) in [6, 6.07) is 4.76. The minimum atomic E-state index is -3.16. The fourth-order valence-corrected chi connectivity index (χ4v) is 3.02. The van der Waals surface area contributed by atoms with Gasteiger partial charge in [0.1, 0.15) is 5.75 Å². The minimum absolute atomic E-state index is 0.0559. The first kappa shape index (κ1) is 15.5. The molecule has 19 heavy (non-hydrogen) atoms. The lowest BCUT2D eigenvalue weighted by Crippen LogP contribution is -2.15. The zero-order valence-electron chi connectivity index (χ0n) is 11.2. The minimum Gasteiger partial charge on any atom is -0.497 e. The van der Waals surface area contributed by atoms with Crippen LogP contribution in [0.2, 0.25) is 0 Å². The van der Waals surface area contributed by atoms with Crippen molar-refractivity contribution >= 4 is 21.3 Å². The number of Topliss-reactive ketones (excluding diaryl/α,β-unsaturated/α-hetero) is 1. The first-order valence-electron chi connectivity index (χ1n) is 6.06. The van der Waals surface area contributed by atoms with Crippen molar-refractivity contribution in [2.24, 2.45) is 0 Å². The van der Waals surface area contributed by atoms with E-state index >= 15 is 0 Å². The number of nitrogens with two attached hydrogens (primary N) is 1. The predicted molar refractivity (Wildman–Crippen MR) is 75.3 cm³/mol. The summed E-state index contributed by atoms with van der Waals surface area (Å²) in [5.74, 6) is 0.203. The molecule has 6 heteroatoms. The number of ether oxygens (including phenoxy) is 1. The number of benzene rings is 1. The summed E-state index contributed by atoms with van der Waals surface area (Å²) < 4.78 is 28.2. The smallest absolute Gasteiger partial charge is 0.166 e. The molecule has 0 atom stereocenters. The maximum atomic E-state index is 12.0. The molecule has 0 fully saturated rings. The van der Waals surface area contributed by atoms with Gasteiger partial charge in [0.15, 0.2) is 15.6 Å². The Kier molecular flexibility index (Phi) is 5.35. The van der Waals surface area contributed by atoms with Crippen molar-refractivity contribution in [2.45, 2.75) is 19.8 Å². The van der Waals surface area contributed by atoms with Crippen LogP contribution >= 0.6 is 0 Å². The Morgan fingerprint density at radius 3 is 2.58 bits per heavy atom. The van der Waals surface area contributed by atoms with Crippen molar-refractivity contribution < 1.29 is 17.9 Å². The zero-order chi connectivity index (χ0) is 14.5. The van der Waals surface area contributed by atoms with E-state index in [4.69, 9.17) is 10.5 Å². The molecule has 0 aliphatic carbocycles. The molecule has 0 spiro atoms. The number of hydrogen-bond acceptors (Lipinski definition) is 5. The highest BCUT2D eigenvalue weighted by atomic mass is 32.2. The number of carbonyl (C=O) groups excluding carboxylic acids is 1. The Labute approximate surface area is 113 Å². The first-order chi connectivity index (χ1) is 8.89. The van der Waals surface area contributed by atoms with Crippen LogP contribution in [0.15, 0.2) is 18.2 Å². The first-order valence-corrected chi connectivity index (χ1v) is 7.89. The van der Waals surface area contributed by atoms with Gasteiger partial charge in [-0.05, 0) is 24.6 Å². The topological polar surface area (TPSA) is 86.5 Å². The summed E-state index contributed by atoms with van der Waals surface area (Å²) in [4.78, 5) is 12.0. The highest BCUT2D eigenvalue weighted by Crippen LogP contribution is 2.21. The molecule has 0 saturated carbocycles. The highest BCUT2D eigenvalue weighted by Gasteiger charge is 2.16. The number of carbonyl (C=O) groups is 1. The third kappa shape index (κ3) is 4.55. The Bertz CT molecular complexity index is 552. The average Bonchev–Trinajstić information content (AvgIpc) is 2.36. The summed E-state index contributed by atoms with van der Waals surface area (Å²) in [5.41, 5.74) is 6.36. The van der Waals surface area contributed by atoms with Gasteiger partial charge in [-0.1, -0.05) is 6.92 Å². The van der Waals surface area contributed by atoms with Crippen molar-refractivity contribution in [3.05, 3.63) is 23.8 Å². The van der Waals surface area contributed by atoms with Gasteiger partial charge in [-0.15, -0.1) is 0 Å². The third-order valence-electron chi connectivity index (χ3n) is 2.72. The van der Waals surface area contributed by atoms with Crippen LogP contribution < -0.4 is 10.5 Å². The summed E-state index contributed by atoms with van der Waals surface area (Å²) in [6.07, 6.45) is 0.498. The van der Waals surface area contributed by atoms with E-state index in [2.05, 4.69) is 0 Å². The number of ketones is 1. The van der Waals surface area contributed by atoms with Crippen LogP contribution in [-0.2, 0) is 9.84 Å². The summed E-state index contributed by atoms with van der Waals surface area (Å²) in [5, 5.41) is 0. The monoisotopic (exact) mass is 285 g/mol. The molecule has 0 heterocycles. The Hall–Kier alpha value is -1.56. The lowest BCUT2D eigenvalue weighted by molar-refractivity contribution is 0.0989. The number of rotatable bonds is 7. The number of hydrogen-bond donors (Lipinski definition) is 1. The van der Waals surface area contributed by atoms with Gasteiger partial charge in [0.2, 0.25) is 0 Å². The van der Waals surface area contributed by atoms with Crippen LogP contribution in [0.4, 0.5) is 5.69 Å². The fraction of sp³-hybridized carbons (Fsp3) is 0.462. The van der Waals surface area contributed by atoms with Crippen LogP contribution in [0.25, 0.3) is 0 Å². The molecule has 106 valence electrons. The van der Waals surface area contributed by atoms with Crippen LogP contribution in [0.5, 0.6) is 5.75 Å². The van der Waals surface area contributed by atoms with E-state index in [0.29, 0.717) is 23.4 Å². The third-order valence-corrected chi connectivity index (χ3v) is 4.57. The van der Waals surface area contributed by atoms with Gasteiger partial charge < -0.3 is 10.5 Å². The second-order valence-electron chi connectivity index (χ2n) is 4.28. The second-order valence-corrected chi connectivity index (χ2v) is 6.58. The van der Waals surface area contributed by atoms with Crippen LogP contribution in [0, 0.1) is 0 Å². The highest BCUT2D eigenvalue weighted by molar-refractivity contribution is 7.91. The number of methoxy groups -OCH3 is 1. The number of anilines is 1. The molecule has 0 aliphatic heterocycles. The molecule has 1 aromatic carbocycles. The lowest BCUT2D eigenvalue weighted by atomic mass is 10.1. The molecule has 2 N–H and O–H groups in total. The number of nitrogen functional groups attached to an aromatic ring is 1. The molecule has 0 saturated heterocycles. The van der Waals surface area contributed by atoms with E-state index in [1.54, 1.807) is 19.1 Å². The van der Waals surface area contributed by atoms with Crippen LogP contribution in [0.3, 0.4) is 0 Å². The van der Waals surface area contributed by atoms with Crippen molar-refractivity contribution in [1.29, 1.82) is 0 Å². The zero-order valence-corrected chi connectivity index (χ0v) is 12.0. The SMILES string of the molecule is CCCS(=O)(=O)CCC(=O)c1cc(OC)ccc1N. The molecule has 0 aromatic heterocycles. The maximum absolute atomic E-state index is 12.0. The molecular formula is C13H19NO4S. The number of sulfone groups is 1. The molecule has 1 rings (SSSR count). The normalized spacial score (nSPS) is 11.3. The molecular weight excluding hydrogens is 266 g/mol. The average molecular weight is 285 g/mol. The van der Waals surface area contributed by atoms with Gasteiger partial charge in [-0.25, -0.2) is 8.42 Å². The van der Waals surface area contributed by atoms with E-state index in [9.17, 15) is 13.2 Å². The second kappa shape index (κ2) is 6.56. The summed E-state index contributed by atoms with van der Waals surface area (Å²) in [6.45, 7) is 1.79. The van der Waals surface area contributed by atoms with Crippen molar-refractivity contribution in [3.63, 3.8) is 0 Å². The van der Waals surface area contributed by atoms with E-state index in [1.807, 2.05) is 0 Å². The van der Waals surface area contributed by atoms with Crippen molar-refractivity contribution in [3.8, 4) is 5.75 Å². The molecule has 0 bridgehead atoms. The molecule has 5 nitrogen and oxygen atoms in total. The van der Waals surface area contributed by atoms with Crippen molar-refractivity contribution in [2.75, 3.05) is 24.3 Å². The van der Waals surface area contributed by atoms with Crippen LogP contribution in [0.1, 0.15) is 30.1 Å². The molecule has 0 aliphatic rings. The molecule has 0 amide bonds. The standard InChI is InChI=1S/C13H19NO4S/c1-3-7-19(16,17)8-6-13(15)11-9-10(18-2)4-5-12(11)14/h4-5,9H,3,6-8,14H2,1-2H3. The Balaban J connectivity index is 2.79. The molecule has 1 aromatic rings. The largest absolute Gasteiger partial charge is 0.497 e. The van der Waals surface area contributed by atoms with Gasteiger partial charge in [0.25, 0.3) is 0 Å². The van der Waals surface area contributed by atoms with Gasteiger partial charge in [-0.2, -0.15) is 0 Å². The molecule has 0 unspecified atom stereocenters. The quantitative estimate of drug-likeness (QED) is 0.608. The lowest BCUT2D eigenvalue weighted by Gasteiger charge is -2.07. The van der Waals surface area contributed by atoms with E-state index in [1.165, 1.54) is 13.2 Å². The predicted octanol–water partition coefficient (Wildman–Crippen LogP) is 1.68. The van der Waals surface area contributed by atoms with Crippen molar-refractivity contribution in [1.82, 2.24) is 0 Å². The van der Waals surface area contributed by atoms with E-state index < -0.39 is 9.84 Å².